The molecule has 3 nitrogen and oxygen atoms in total. The molecule has 0 N–H and O–H groups in total. The van der Waals surface area contributed by atoms with E-state index in [0.717, 1.165) is 27.8 Å². The van der Waals surface area contributed by atoms with Crippen molar-refractivity contribution in [2.45, 2.75) is 0 Å². The minimum Gasteiger partial charge on any atom is -0.480 e. The van der Waals surface area contributed by atoms with Crippen LogP contribution in [0.5, 0.6) is 5.88 Å². The molecule has 0 spiro atoms. The lowest BCUT2D eigenvalue weighted by molar-refractivity contribution is 0.397. The fraction of sp³-hybridized carbons (Fsp3) is 0.0435. The van der Waals surface area contributed by atoms with Gasteiger partial charge in [0, 0.05) is 11.1 Å². The lowest BCUT2D eigenvalue weighted by atomic mass is 9.98. The molecule has 0 unspecified atom stereocenters. The quantitative estimate of drug-likeness (QED) is 0.500. The Morgan fingerprint density at radius 3 is 2.27 bits per heavy atom. The molecule has 0 saturated heterocycles. The molecule has 1 aromatic heterocycles. The third-order valence-corrected chi connectivity index (χ3v) is 4.42. The molecule has 124 valence electrons. The number of hydrogen-bond donors (Lipinski definition) is 0. The van der Waals surface area contributed by atoms with Crippen LogP contribution in [0.25, 0.3) is 33.2 Å². The summed E-state index contributed by atoms with van der Waals surface area (Å²) in [4.78, 5) is 4.58. The molecule has 1 heterocycles. The van der Waals surface area contributed by atoms with Crippen LogP contribution in [-0.2, 0) is 0 Å². The summed E-state index contributed by atoms with van der Waals surface area (Å²) < 4.78 is 5.41. The van der Waals surface area contributed by atoms with Gasteiger partial charge in [-0.05, 0) is 28.5 Å². The highest BCUT2D eigenvalue weighted by atomic mass is 16.5. The summed E-state index contributed by atoms with van der Waals surface area (Å²) >= 11 is 0. The van der Waals surface area contributed by atoms with Crippen LogP contribution in [0.1, 0.15) is 5.56 Å². The summed E-state index contributed by atoms with van der Waals surface area (Å²) in [7, 11) is 1.54. The van der Waals surface area contributed by atoms with Crippen molar-refractivity contribution < 1.29 is 4.74 Å². The van der Waals surface area contributed by atoms with Gasteiger partial charge < -0.3 is 4.74 Å². The number of pyridine rings is 1. The maximum Gasteiger partial charge on any atom is 0.232 e. The Labute approximate surface area is 152 Å². The van der Waals surface area contributed by atoms with Gasteiger partial charge in [0.05, 0.1) is 12.8 Å². The summed E-state index contributed by atoms with van der Waals surface area (Å²) in [6.07, 6.45) is 0. The number of fused-ring (bicyclic) bond motifs is 1. The molecule has 0 aliphatic carbocycles. The van der Waals surface area contributed by atoms with Crippen LogP contribution < -0.4 is 4.74 Å². The highest BCUT2D eigenvalue weighted by Gasteiger charge is 2.15. The molecule has 0 aliphatic heterocycles. The molecule has 0 saturated carbocycles. The van der Waals surface area contributed by atoms with E-state index in [1.54, 1.807) is 7.11 Å². The van der Waals surface area contributed by atoms with Crippen LogP contribution in [0.15, 0.2) is 78.9 Å². The van der Waals surface area contributed by atoms with Gasteiger partial charge in [-0.1, -0.05) is 66.7 Å². The predicted molar refractivity (Wildman–Crippen MR) is 104 cm³/mol. The van der Waals surface area contributed by atoms with Gasteiger partial charge in [-0.25, -0.2) is 4.98 Å². The zero-order valence-corrected chi connectivity index (χ0v) is 14.3. The molecule has 0 aliphatic rings. The average molecular weight is 336 g/mol. The topological polar surface area (TPSA) is 45.9 Å². The van der Waals surface area contributed by atoms with E-state index < -0.39 is 0 Å². The van der Waals surface area contributed by atoms with E-state index in [2.05, 4.69) is 35.3 Å². The lowest BCUT2D eigenvalue weighted by Gasteiger charge is -2.12. The molecule has 0 radical (unpaired) electrons. The third-order valence-electron chi connectivity index (χ3n) is 4.42. The highest BCUT2D eigenvalue weighted by molar-refractivity contribution is 5.88. The van der Waals surface area contributed by atoms with Crippen LogP contribution in [0.3, 0.4) is 0 Å². The summed E-state index contributed by atoms with van der Waals surface area (Å²) in [5.41, 5.74) is 4.01. The predicted octanol–water partition coefficient (Wildman–Crippen LogP) is 5.45. The third kappa shape index (κ3) is 2.78. The van der Waals surface area contributed by atoms with Crippen molar-refractivity contribution in [3.05, 3.63) is 84.4 Å². The maximum absolute atomic E-state index is 9.62. The summed E-state index contributed by atoms with van der Waals surface area (Å²) in [5, 5.41) is 12.0. The minimum absolute atomic E-state index is 0.344. The molecule has 0 bridgehead atoms. The van der Waals surface area contributed by atoms with Crippen molar-refractivity contribution in [2.75, 3.05) is 7.11 Å². The number of nitriles is 1. The van der Waals surface area contributed by atoms with E-state index in [1.807, 2.05) is 54.6 Å². The van der Waals surface area contributed by atoms with E-state index in [4.69, 9.17) is 4.74 Å². The standard InChI is InChI=1S/C23H16N2O/c1-26-23-21(15-24)20(17-8-3-2-4-9-17)14-22(25-23)19-12-11-16-7-5-6-10-18(16)13-19/h2-14H,1H3. The zero-order valence-electron chi connectivity index (χ0n) is 14.3. The number of hydrogen-bond acceptors (Lipinski definition) is 3. The van der Waals surface area contributed by atoms with E-state index in [0.29, 0.717) is 11.4 Å². The Balaban J connectivity index is 1.95. The van der Waals surface area contributed by atoms with Gasteiger partial charge in [0.25, 0.3) is 0 Å². The summed E-state index contributed by atoms with van der Waals surface area (Å²) in [6.45, 7) is 0. The van der Waals surface area contributed by atoms with Crippen LogP contribution in [0.2, 0.25) is 0 Å². The Bertz CT molecular complexity index is 1130. The second kappa shape index (κ2) is 6.70. The fourth-order valence-electron chi connectivity index (χ4n) is 3.12. The van der Waals surface area contributed by atoms with Crippen molar-refractivity contribution >= 4 is 10.8 Å². The number of rotatable bonds is 3. The van der Waals surface area contributed by atoms with Gasteiger partial charge in [0.15, 0.2) is 0 Å². The lowest BCUT2D eigenvalue weighted by Crippen LogP contribution is -1.97. The normalized spacial score (nSPS) is 10.5. The molecular weight excluding hydrogens is 320 g/mol. The van der Waals surface area contributed by atoms with Gasteiger partial charge in [0.1, 0.15) is 11.6 Å². The van der Waals surface area contributed by atoms with Crippen molar-refractivity contribution in [3.63, 3.8) is 0 Å². The van der Waals surface area contributed by atoms with Crippen molar-refractivity contribution in [1.82, 2.24) is 4.98 Å². The highest BCUT2D eigenvalue weighted by Crippen LogP contribution is 2.34. The first-order valence-electron chi connectivity index (χ1n) is 8.34. The first-order valence-corrected chi connectivity index (χ1v) is 8.34. The van der Waals surface area contributed by atoms with Gasteiger partial charge in [0.2, 0.25) is 5.88 Å². The van der Waals surface area contributed by atoms with E-state index in [9.17, 15) is 5.26 Å². The molecule has 0 atom stereocenters. The minimum atomic E-state index is 0.344. The second-order valence-electron chi connectivity index (χ2n) is 5.98. The van der Waals surface area contributed by atoms with Gasteiger partial charge in [-0.15, -0.1) is 0 Å². The van der Waals surface area contributed by atoms with Crippen molar-refractivity contribution in [3.8, 4) is 34.3 Å². The van der Waals surface area contributed by atoms with Crippen LogP contribution in [-0.4, -0.2) is 12.1 Å². The molecule has 0 fully saturated rings. The summed E-state index contributed by atoms with van der Waals surface area (Å²) in [6, 6.07) is 28.5. The number of methoxy groups -OCH3 is 1. The number of aromatic nitrogens is 1. The maximum atomic E-state index is 9.62. The molecule has 4 aromatic rings. The first kappa shape index (κ1) is 15.9. The van der Waals surface area contributed by atoms with Crippen LogP contribution >= 0.6 is 0 Å². The molecule has 4 rings (SSSR count). The van der Waals surface area contributed by atoms with Crippen LogP contribution in [0, 0.1) is 11.3 Å². The van der Waals surface area contributed by atoms with Gasteiger partial charge in [-0.3, -0.25) is 0 Å². The molecular formula is C23H16N2O. The Hall–Kier alpha value is -3.64. The van der Waals surface area contributed by atoms with Crippen molar-refractivity contribution in [2.24, 2.45) is 0 Å². The van der Waals surface area contributed by atoms with Gasteiger partial charge >= 0.3 is 0 Å². The summed E-state index contributed by atoms with van der Waals surface area (Å²) in [5.74, 6) is 0.344. The average Bonchev–Trinajstić information content (AvgIpc) is 2.73. The van der Waals surface area contributed by atoms with E-state index >= 15 is 0 Å². The molecule has 0 amide bonds. The Kier molecular flexibility index (Phi) is 4.09. The first-order chi connectivity index (χ1) is 12.8. The van der Waals surface area contributed by atoms with Gasteiger partial charge in [-0.2, -0.15) is 5.26 Å². The largest absolute Gasteiger partial charge is 0.480 e. The van der Waals surface area contributed by atoms with E-state index in [1.165, 1.54) is 5.39 Å². The molecule has 3 aromatic carbocycles. The SMILES string of the molecule is COc1nc(-c2ccc3ccccc3c2)cc(-c2ccccc2)c1C#N. The number of nitrogens with zero attached hydrogens (tertiary/aromatic N) is 2. The second-order valence-corrected chi connectivity index (χ2v) is 5.98. The zero-order chi connectivity index (χ0) is 17.9. The Morgan fingerprint density at radius 2 is 1.54 bits per heavy atom. The van der Waals surface area contributed by atoms with Crippen molar-refractivity contribution in [1.29, 1.82) is 5.26 Å². The molecule has 3 heteroatoms. The monoisotopic (exact) mass is 336 g/mol. The molecule has 26 heavy (non-hydrogen) atoms. The number of ether oxygens (including phenoxy) is 1. The van der Waals surface area contributed by atoms with Crippen LogP contribution in [0.4, 0.5) is 0 Å². The number of benzene rings is 3. The smallest absolute Gasteiger partial charge is 0.232 e. The van der Waals surface area contributed by atoms with E-state index in [-0.39, 0.29) is 0 Å². The fourth-order valence-corrected chi connectivity index (χ4v) is 3.12. The Morgan fingerprint density at radius 1 is 0.808 bits per heavy atom.